The van der Waals surface area contributed by atoms with Gasteiger partial charge in [0.15, 0.2) is 0 Å². The van der Waals surface area contributed by atoms with E-state index in [1.807, 2.05) is 12.1 Å². The van der Waals surface area contributed by atoms with Gasteiger partial charge in [-0.05, 0) is 36.5 Å². The van der Waals surface area contributed by atoms with Crippen molar-refractivity contribution in [2.24, 2.45) is 5.92 Å². The fourth-order valence-electron chi connectivity index (χ4n) is 2.70. The predicted molar refractivity (Wildman–Crippen MR) is 75.9 cm³/mol. The maximum absolute atomic E-state index is 6.62. The first-order valence-corrected chi connectivity index (χ1v) is 7.48. The first-order valence-electron chi connectivity index (χ1n) is 6.67. The van der Waals surface area contributed by atoms with Gasteiger partial charge in [0.25, 0.3) is 0 Å². The molecule has 1 fully saturated rings. The Morgan fingerprint density at radius 1 is 0.882 bits per heavy atom. The Kier molecular flexibility index (Phi) is 5.18. The summed E-state index contributed by atoms with van der Waals surface area (Å²) >= 11 is 12.5. The molecule has 1 aromatic rings. The van der Waals surface area contributed by atoms with E-state index in [0.29, 0.717) is 5.92 Å². The van der Waals surface area contributed by atoms with Gasteiger partial charge in [0.1, 0.15) is 0 Å². The summed E-state index contributed by atoms with van der Waals surface area (Å²) < 4.78 is 0. The van der Waals surface area contributed by atoms with Crippen molar-refractivity contribution in [1.29, 1.82) is 0 Å². The van der Waals surface area contributed by atoms with E-state index in [0.717, 1.165) is 5.02 Å². The molecule has 1 atom stereocenters. The van der Waals surface area contributed by atoms with E-state index in [2.05, 4.69) is 12.1 Å². The van der Waals surface area contributed by atoms with Crippen LogP contribution in [0.15, 0.2) is 24.3 Å². The first kappa shape index (κ1) is 13.2. The maximum Gasteiger partial charge on any atom is 0.0613 e. The molecule has 17 heavy (non-hydrogen) atoms. The normalized spacial score (nSPS) is 20.6. The van der Waals surface area contributed by atoms with Gasteiger partial charge in [0.2, 0.25) is 0 Å². The van der Waals surface area contributed by atoms with Crippen LogP contribution in [0.3, 0.4) is 0 Å². The zero-order valence-electron chi connectivity index (χ0n) is 10.2. The summed E-state index contributed by atoms with van der Waals surface area (Å²) in [6.45, 7) is 0. The van der Waals surface area contributed by atoms with Crippen molar-refractivity contribution >= 4 is 23.2 Å². The van der Waals surface area contributed by atoms with Crippen molar-refractivity contribution in [1.82, 2.24) is 0 Å². The van der Waals surface area contributed by atoms with E-state index < -0.39 is 0 Å². The molecule has 0 radical (unpaired) electrons. The van der Waals surface area contributed by atoms with Gasteiger partial charge in [-0.25, -0.2) is 0 Å². The van der Waals surface area contributed by atoms with Crippen LogP contribution in [0, 0.1) is 5.92 Å². The fourth-order valence-corrected chi connectivity index (χ4v) is 3.22. The molecule has 1 aliphatic carbocycles. The van der Waals surface area contributed by atoms with Crippen LogP contribution in [-0.4, -0.2) is 0 Å². The van der Waals surface area contributed by atoms with E-state index in [1.54, 1.807) is 0 Å². The van der Waals surface area contributed by atoms with Crippen molar-refractivity contribution in [2.75, 3.05) is 0 Å². The largest absolute Gasteiger partial charge is 0.118 e. The lowest BCUT2D eigenvalue weighted by Crippen LogP contribution is -2.10. The minimum absolute atomic E-state index is 0.158. The van der Waals surface area contributed by atoms with E-state index >= 15 is 0 Å². The van der Waals surface area contributed by atoms with Crippen LogP contribution in [0.1, 0.15) is 55.9 Å². The second-order valence-electron chi connectivity index (χ2n) is 5.06. The summed E-state index contributed by atoms with van der Waals surface area (Å²) in [4.78, 5) is 0. The van der Waals surface area contributed by atoms with Crippen LogP contribution >= 0.6 is 23.2 Å². The van der Waals surface area contributed by atoms with E-state index in [9.17, 15) is 0 Å². The molecule has 1 saturated carbocycles. The Hall–Kier alpha value is -0.200. The highest BCUT2D eigenvalue weighted by Gasteiger charge is 2.21. The number of hydrogen-bond acceptors (Lipinski definition) is 0. The Balaban J connectivity index is 2.01. The summed E-state index contributed by atoms with van der Waals surface area (Å²) in [5, 5.41) is 0.945. The van der Waals surface area contributed by atoms with Crippen LogP contribution in [0.5, 0.6) is 0 Å². The van der Waals surface area contributed by atoms with Gasteiger partial charge >= 0.3 is 0 Å². The Morgan fingerprint density at radius 3 is 2.00 bits per heavy atom. The number of hydrogen-bond donors (Lipinski definition) is 0. The Bertz CT molecular complexity index is 323. The number of rotatable bonds is 2. The van der Waals surface area contributed by atoms with Gasteiger partial charge in [-0.1, -0.05) is 55.8 Å². The van der Waals surface area contributed by atoms with Crippen LogP contribution < -0.4 is 0 Å². The molecule has 0 bridgehead atoms. The minimum Gasteiger partial charge on any atom is -0.118 e. The van der Waals surface area contributed by atoms with E-state index in [-0.39, 0.29) is 5.38 Å². The highest BCUT2D eigenvalue weighted by atomic mass is 35.5. The quantitative estimate of drug-likeness (QED) is 0.580. The second kappa shape index (κ2) is 6.66. The summed E-state index contributed by atoms with van der Waals surface area (Å²) in [7, 11) is 0. The molecule has 0 aromatic heterocycles. The molecule has 2 rings (SSSR count). The van der Waals surface area contributed by atoms with E-state index in [4.69, 9.17) is 23.2 Å². The number of halogens is 2. The fraction of sp³-hybridized carbons (Fsp3) is 0.600. The highest BCUT2D eigenvalue weighted by molar-refractivity contribution is 6.30. The second-order valence-corrected chi connectivity index (χ2v) is 5.97. The third kappa shape index (κ3) is 3.89. The molecule has 0 amide bonds. The minimum atomic E-state index is 0.158. The van der Waals surface area contributed by atoms with Crippen molar-refractivity contribution < 1.29 is 0 Å². The smallest absolute Gasteiger partial charge is 0.0613 e. The molecule has 1 aromatic carbocycles. The van der Waals surface area contributed by atoms with Gasteiger partial charge in [-0.3, -0.25) is 0 Å². The zero-order valence-corrected chi connectivity index (χ0v) is 11.7. The van der Waals surface area contributed by atoms with Crippen molar-refractivity contribution in [3.63, 3.8) is 0 Å². The molecule has 2 heteroatoms. The van der Waals surface area contributed by atoms with Gasteiger partial charge in [0.05, 0.1) is 5.38 Å². The van der Waals surface area contributed by atoms with E-state index in [1.165, 1.54) is 50.5 Å². The third-order valence-corrected chi connectivity index (χ3v) is 4.61. The third-order valence-electron chi connectivity index (χ3n) is 3.75. The lowest BCUT2D eigenvalue weighted by atomic mass is 9.86. The predicted octanol–water partition coefficient (Wildman–Crippen LogP) is 5.98. The van der Waals surface area contributed by atoms with Crippen LogP contribution in [0.25, 0.3) is 0 Å². The van der Waals surface area contributed by atoms with Crippen molar-refractivity contribution in [3.8, 4) is 0 Å². The molecular formula is C15H20Cl2. The number of alkyl halides is 1. The van der Waals surface area contributed by atoms with Gasteiger partial charge in [-0.2, -0.15) is 0 Å². The highest BCUT2D eigenvalue weighted by Crippen LogP contribution is 2.37. The van der Waals surface area contributed by atoms with Gasteiger partial charge in [-0.15, -0.1) is 11.6 Å². The van der Waals surface area contributed by atoms with Gasteiger partial charge in [0, 0.05) is 5.02 Å². The summed E-state index contributed by atoms with van der Waals surface area (Å²) in [5.74, 6) is 0.637. The molecule has 94 valence electrons. The summed E-state index contributed by atoms with van der Waals surface area (Å²) in [5.41, 5.74) is 1.22. The van der Waals surface area contributed by atoms with Crippen LogP contribution in [-0.2, 0) is 0 Å². The van der Waals surface area contributed by atoms with Gasteiger partial charge < -0.3 is 0 Å². The molecular weight excluding hydrogens is 251 g/mol. The average Bonchev–Trinajstić information content (AvgIpc) is 2.29. The zero-order chi connectivity index (χ0) is 12.1. The molecule has 0 spiro atoms. The average molecular weight is 271 g/mol. The molecule has 1 aliphatic rings. The standard InChI is InChI=1S/C15H20Cl2/c16-14-10-8-13(9-11-14)15(17)12-6-4-2-1-3-5-7-12/h8-12,15H,1-7H2. The van der Waals surface area contributed by atoms with Crippen LogP contribution in [0.2, 0.25) is 5.02 Å². The van der Waals surface area contributed by atoms with Crippen molar-refractivity contribution in [3.05, 3.63) is 34.9 Å². The molecule has 0 heterocycles. The molecule has 0 nitrogen and oxygen atoms in total. The lowest BCUT2D eigenvalue weighted by molar-refractivity contribution is 0.368. The van der Waals surface area contributed by atoms with Crippen molar-refractivity contribution in [2.45, 2.75) is 50.3 Å². The van der Waals surface area contributed by atoms with Crippen LogP contribution in [0.4, 0.5) is 0 Å². The first-order chi connectivity index (χ1) is 8.27. The Morgan fingerprint density at radius 2 is 1.41 bits per heavy atom. The lowest BCUT2D eigenvalue weighted by Gasteiger charge is -2.24. The topological polar surface area (TPSA) is 0 Å². The molecule has 0 saturated heterocycles. The SMILES string of the molecule is Clc1ccc(C(Cl)C2CCCCCCC2)cc1. The Labute approximate surface area is 114 Å². The molecule has 0 N–H and O–H groups in total. The summed E-state index contributed by atoms with van der Waals surface area (Å²) in [6.07, 6.45) is 9.37. The summed E-state index contributed by atoms with van der Waals surface area (Å²) in [6, 6.07) is 8.02. The molecule has 1 unspecified atom stereocenters. The monoisotopic (exact) mass is 270 g/mol. The maximum atomic E-state index is 6.62. The number of benzene rings is 1. The molecule has 0 aliphatic heterocycles.